The van der Waals surface area contributed by atoms with E-state index in [9.17, 15) is 22.8 Å². The number of halogens is 3. The maximum atomic E-state index is 13.0. The van der Waals surface area contributed by atoms with Crippen LogP contribution in [0.2, 0.25) is 0 Å². The molecule has 33 heavy (non-hydrogen) atoms. The molecule has 4 rings (SSSR count). The van der Waals surface area contributed by atoms with Gasteiger partial charge in [0.05, 0.1) is 11.6 Å². The van der Waals surface area contributed by atoms with Crippen LogP contribution in [0.1, 0.15) is 34.5 Å². The summed E-state index contributed by atoms with van der Waals surface area (Å²) in [5, 5.41) is 6.33. The maximum Gasteiger partial charge on any atom is 0.435 e. The summed E-state index contributed by atoms with van der Waals surface area (Å²) in [5.41, 5.74) is 0.801. The van der Waals surface area contributed by atoms with Crippen molar-refractivity contribution in [3.63, 3.8) is 0 Å². The molecule has 0 bridgehead atoms. The van der Waals surface area contributed by atoms with Gasteiger partial charge in [-0.15, -0.1) is 0 Å². The van der Waals surface area contributed by atoms with E-state index in [0.29, 0.717) is 36.5 Å². The number of aromatic nitrogens is 3. The third-order valence-electron chi connectivity index (χ3n) is 5.50. The molecule has 1 aromatic carbocycles. The maximum absolute atomic E-state index is 13.0. The summed E-state index contributed by atoms with van der Waals surface area (Å²) in [7, 11) is 0. The second kappa shape index (κ2) is 9.05. The Morgan fingerprint density at radius 2 is 1.85 bits per heavy atom. The fourth-order valence-electron chi connectivity index (χ4n) is 3.70. The highest BCUT2D eigenvalue weighted by Gasteiger charge is 2.33. The van der Waals surface area contributed by atoms with E-state index < -0.39 is 11.9 Å². The van der Waals surface area contributed by atoms with Gasteiger partial charge in [-0.3, -0.25) is 9.59 Å². The molecular weight excluding hydrogens is 435 g/mol. The first-order valence-electron chi connectivity index (χ1n) is 10.5. The van der Waals surface area contributed by atoms with Crippen LogP contribution in [0.5, 0.6) is 0 Å². The number of rotatable bonds is 4. The zero-order chi connectivity index (χ0) is 23.6. The summed E-state index contributed by atoms with van der Waals surface area (Å²) in [6, 6.07) is 10.7. The highest BCUT2D eigenvalue weighted by atomic mass is 19.4. The molecule has 1 atom stereocenters. The molecule has 1 saturated heterocycles. The van der Waals surface area contributed by atoms with Gasteiger partial charge in [0.2, 0.25) is 5.91 Å². The van der Waals surface area contributed by atoms with Gasteiger partial charge in [-0.1, -0.05) is 6.07 Å². The first-order chi connectivity index (χ1) is 15.7. The van der Waals surface area contributed by atoms with Crippen LogP contribution in [0.25, 0.3) is 5.69 Å². The molecule has 172 valence electrons. The topological polar surface area (TPSA) is 80.1 Å². The normalized spacial score (nSPS) is 16.5. The van der Waals surface area contributed by atoms with Gasteiger partial charge < -0.3 is 10.2 Å². The number of anilines is 1. The van der Waals surface area contributed by atoms with Gasteiger partial charge in [0.1, 0.15) is 5.82 Å². The second-order valence-electron chi connectivity index (χ2n) is 7.99. The van der Waals surface area contributed by atoms with E-state index in [0.717, 1.165) is 16.3 Å². The molecule has 7 nitrogen and oxygen atoms in total. The number of amides is 2. The lowest BCUT2D eigenvalue weighted by atomic mass is 9.96. The fraction of sp³-hybridized carbons (Fsp3) is 0.304. The molecule has 2 amide bonds. The Labute approximate surface area is 188 Å². The standard InChI is InChI=1S/C23H22F3N5O2/c1-15-4-9-20(27-13-15)28-21(32)17-3-2-11-30(14-17)22(33)16-5-7-18(8-6-16)31-12-10-19(29-31)23(24,25)26/h4-10,12-13,17H,2-3,11,14H2,1H3,(H,27,28,32). The van der Waals surface area contributed by atoms with Crippen molar-refractivity contribution < 1.29 is 22.8 Å². The van der Waals surface area contributed by atoms with E-state index in [2.05, 4.69) is 15.4 Å². The lowest BCUT2D eigenvalue weighted by Crippen LogP contribution is -2.43. The van der Waals surface area contributed by atoms with Gasteiger partial charge in [-0.2, -0.15) is 18.3 Å². The summed E-state index contributed by atoms with van der Waals surface area (Å²) in [6.07, 6.45) is -0.273. The van der Waals surface area contributed by atoms with Crippen molar-refractivity contribution in [2.45, 2.75) is 25.9 Å². The number of piperidine rings is 1. The highest BCUT2D eigenvalue weighted by Crippen LogP contribution is 2.28. The first-order valence-corrected chi connectivity index (χ1v) is 10.5. The number of pyridine rings is 1. The van der Waals surface area contributed by atoms with Crippen molar-refractivity contribution in [2.24, 2.45) is 5.92 Å². The minimum absolute atomic E-state index is 0.182. The van der Waals surface area contributed by atoms with Crippen molar-refractivity contribution in [1.82, 2.24) is 19.7 Å². The van der Waals surface area contributed by atoms with Crippen molar-refractivity contribution in [3.8, 4) is 5.69 Å². The molecular formula is C23H22F3N5O2. The van der Waals surface area contributed by atoms with E-state index in [1.165, 1.54) is 18.3 Å². The summed E-state index contributed by atoms with van der Waals surface area (Å²) in [6.45, 7) is 2.72. The van der Waals surface area contributed by atoms with Crippen LogP contribution in [0.3, 0.4) is 0 Å². The van der Waals surface area contributed by atoms with Crippen LogP contribution in [0.4, 0.5) is 19.0 Å². The van der Waals surface area contributed by atoms with E-state index in [4.69, 9.17) is 0 Å². The van der Waals surface area contributed by atoms with E-state index in [1.54, 1.807) is 29.3 Å². The molecule has 10 heteroatoms. The van der Waals surface area contributed by atoms with Crippen LogP contribution in [-0.4, -0.2) is 44.6 Å². The minimum Gasteiger partial charge on any atom is -0.338 e. The first kappa shape index (κ1) is 22.5. The largest absolute Gasteiger partial charge is 0.435 e. The van der Waals surface area contributed by atoms with Gasteiger partial charge in [0.25, 0.3) is 5.91 Å². The average molecular weight is 457 g/mol. The zero-order valence-electron chi connectivity index (χ0n) is 17.8. The SMILES string of the molecule is Cc1ccc(NC(=O)C2CCCN(C(=O)c3ccc(-n4ccc(C(F)(F)F)n4)cc3)C2)nc1. The lowest BCUT2D eigenvalue weighted by Gasteiger charge is -2.32. The summed E-state index contributed by atoms with van der Waals surface area (Å²) in [4.78, 5) is 31.4. The van der Waals surface area contributed by atoms with Gasteiger partial charge in [0, 0.05) is 31.0 Å². The molecule has 0 saturated carbocycles. The number of nitrogens with one attached hydrogen (secondary N) is 1. The number of alkyl halides is 3. The predicted molar refractivity (Wildman–Crippen MR) is 115 cm³/mol. The number of hydrogen-bond donors (Lipinski definition) is 1. The number of aryl methyl sites for hydroxylation is 1. The molecule has 1 aliphatic heterocycles. The van der Waals surface area contributed by atoms with E-state index in [-0.39, 0.29) is 24.3 Å². The fourth-order valence-corrected chi connectivity index (χ4v) is 3.70. The Balaban J connectivity index is 1.40. The number of likely N-dealkylation sites (tertiary alicyclic amines) is 1. The average Bonchev–Trinajstić information content (AvgIpc) is 3.31. The highest BCUT2D eigenvalue weighted by molar-refractivity contribution is 5.96. The monoisotopic (exact) mass is 457 g/mol. The van der Waals surface area contributed by atoms with Gasteiger partial charge in [-0.05, 0) is 61.7 Å². The zero-order valence-corrected chi connectivity index (χ0v) is 17.8. The molecule has 0 aliphatic carbocycles. The number of hydrogen-bond acceptors (Lipinski definition) is 4. The van der Waals surface area contributed by atoms with Crippen LogP contribution in [0, 0.1) is 12.8 Å². The van der Waals surface area contributed by atoms with E-state index >= 15 is 0 Å². The number of nitrogens with zero attached hydrogens (tertiary/aromatic N) is 4. The Hall–Kier alpha value is -3.69. The van der Waals surface area contributed by atoms with Crippen LogP contribution < -0.4 is 5.32 Å². The molecule has 3 heterocycles. The minimum atomic E-state index is -4.52. The summed E-state index contributed by atoms with van der Waals surface area (Å²) >= 11 is 0. The van der Waals surface area contributed by atoms with Crippen LogP contribution in [0.15, 0.2) is 54.9 Å². The summed E-state index contributed by atoms with van der Waals surface area (Å²) < 4.78 is 39.4. The molecule has 0 spiro atoms. The Morgan fingerprint density at radius 1 is 1.09 bits per heavy atom. The summed E-state index contributed by atoms with van der Waals surface area (Å²) in [5.74, 6) is -0.297. The number of carbonyl (C=O) groups excluding carboxylic acids is 2. The lowest BCUT2D eigenvalue weighted by molar-refractivity contribution is -0.141. The van der Waals surface area contributed by atoms with Gasteiger partial charge >= 0.3 is 6.18 Å². The Morgan fingerprint density at radius 3 is 2.48 bits per heavy atom. The van der Waals surface area contributed by atoms with Gasteiger partial charge in [-0.25, -0.2) is 9.67 Å². The predicted octanol–water partition coefficient (Wildman–Crippen LogP) is 4.09. The Kier molecular flexibility index (Phi) is 6.17. The van der Waals surface area contributed by atoms with Crippen molar-refractivity contribution in [3.05, 3.63) is 71.7 Å². The molecule has 1 N–H and O–H groups in total. The molecule has 0 radical (unpaired) electrons. The van der Waals surface area contributed by atoms with Gasteiger partial charge in [0.15, 0.2) is 5.69 Å². The number of benzene rings is 1. The van der Waals surface area contributed by atoms with Crippen molar-refractivity contribution >= 4 is 17.6 Å². The van der Waals surface area contributed by atoms with Crippen LogP contribution >= 0.6 is 0 Å². The Bertz CT molecular complexity index is 1140. The quantitative estimate of drug-likeness (QED) is 0.640. The smallest absolute Gasteiger partial charge is 0.338 e. The molecule has 1 aliphatic rings. The van der Waals surface area contributed by atoms with Crippen molar-refractivity contribution in [1.29, 1.82) is 0 Å². The molecule has 1 unspecified atom stereocenters. The van der Waals surface area contributed by atoms with Crippen molar-refractivity contribution in [2.75, 3.05) is 18.4 Å². The second-order valence-corrected chi connectivity index (χ2v) is 7.99. The van der Waals surface area contributed by atoms with E-state index in [1.807, 2.05) is 13.0 Å². The molecule has 2 aromatic heterocycles. The molecule has 1 fully saturated rings. The third-order valence-corrected chi connectivity index (χ3v) is 5.50. The molecule has 3 aromatic rings. The third kappa shape index (κ3) is 5.21. The number of carbonyl (C=O) groups is 2. The van der Waals surface area contributed by atoms with Crippen LogP contribution in [-0.2, 0) is 11.0 Å².